The molecule has 0 aliphatic carbocycles. The number of carbonyl (C=O) groups excluding carboxylic acids is 1. The van der Waals surface area contributed by atoms with Gasteiger partial charge in [0, 0.05) is 18.1 Å². The first kappa shape index (κ1) is 22.3. The van der Waals surface area contributed by atoms with Crippen molar-refractivity contribution < 1.29 is 22.7 Å². The van der Waals surface area contributed by atoms with Crippen molar-refractivity contribution in [1.29, 1.82) is 0 Å². The number of rotatable bonds is 9. The molecule has 170 valence electrons. The fourth-order valence-electron chi connectivity index (χ4n) is 3.45. The third-order valence-electron chi connectivity index (χ3n) is 5.10. The zero-order chi connectivity index (χ0) is 23.2. The molecule has 33 heavy (non-hydrogen) atoms. The van der Waals surface area contributed by atoms with E-state index in [0.717, 1.165) is 23.5 Å². The maximum Gasteiger partial charge on any atom is 0.226 e. The minimum absolute atomic E-state index is 0.125. The number of benzene rings is 2. The summed E-state index contributed by atoms with van der Waals surface area (Å²) < 4.78 is 40.5. The van der Waals surface area contributed by atoms with Crippen LogP contribution >= 0.6 is 0 Å². The van der Waals surface area contributed by atoms with E-state index < -0.39 is 11.6 Å². The van der Waals surface area contributed by atoms with Gasteiger partial charge in [-0.1, -0.05) is 25.1 Å². The van der Waals surface area contributed by atoms with E-state index in [4.69, 9.17) is 9.15 Å². The van der Waals surface area contributed by atoms with Gasteiger partial charge < -0.3 is 14.5 Å². The van der Waals surface area contributed by atoms with E-state index in [9.17, 15) is 13.6 Å². The van der Waals surface area contributed by atoms with E-state index in [1.54, 1.807) is 23.1 Å². The van der Waals surface area contributed by atoms with E-state index in [0.29, 0.717) is 36.6 Å². The number of hydrogen-bond acceptors (Lipinski definition) is 4. The molecule has 0 unspecified atom stereocenters. The molecule has 0 aliphatic rings. The van der Waals surface area contributed by atoms with Crippen LogP contribution in [-0.2, 0) is 24.2 Å². The highest BCUT2D eigenvalue weighted by molar-refractivity contribution is 5.76. The molecular weight excluding hydrogens is 428 g/mol. The molecule has 0 radical (unpaired) electrons. The number of aromatic nitrogens is 2. The Morgan fingerprint density at radius 2 is 1.94 bits per heavy atom. The Balaban J connectivity index is 1.62. The van der Waals surface area contributed by atoms with Gasteiger partial charge >= 0.3 is 0 Å². The van der Waals surface area contributed by atoms with E-state index in [-0.39, 0.29) is 18.1 Å². The standard InChI is InChI=1S/C25H23F2N3O3/c1-2-22-20(11-13-24(31)28-16-19-9-6-14-32-19)25(30(29-22)18-7-4-3-5-8-18)33-23-12-10-17(26)15-21(23)27/h3-10,12,14-15H,2,11,13,16H2,1H3,(H,28,31). The summed E-state index contributed by atoms with van der Waals surface area (Å²) in [4.78, 5) is 12.4. The Labute approximate surface area is 189 Å². The van der Waals surface area contributed by atoms with Gasteiger partial charge in [-0.15, -0.1) is 0 Å². The van der Waals surface area contributed by atoms with Crippen molar-refractivity contribution >= 4 is 5.91 Å². The summed E-state index contributed by atoms with van der Waals surface area (Å²) >= 11 is 0. The van der Waals surface area contributed by atoms with Gasteiger partial charge in [-0.2, -0.15) is 5.10 Å². The second kappa shape index (κ2) is 10.1. The second-order valence-electron chi connectivity index (χ2n) is 7.36. The Hall–Kier alpha value is -3.94. The van der Waals surface area contributed by atoms with Crippen LogP contribution < -0.4 is 10.1 Å². The molecule has 6 nitrogen and oxygen atoms in total. The minimum atomic E-state index is -0.823. The first-order valence-electron chi connectivity index (χ1n) is 10.6. The summed E-state index contributed by atoms with van der Waals surface area (Å²) in [5.41, 5.74) is 2.15. The lowest BCUT2D eigenvalue weighted by Crippen LogP contribution is -2.22. The molecule has 2 aromatic carbocycles. The summed E-state index contributed by atoms with van der Waals surface area (Å²) in [6, 6.07) is 15.9. The Morgan fingerprint density at radius 3 is 2.64 bits per heavy atom. The number of amides is 1. The zero-order valence-corrected chi connectivity index (χ0v) is 18.1. The van der Waals surface area contributed by atoms with Crippen LogP contribution in [0.4, 0.5) is 8.78 Å². The van der Waals surface area contributed by atoms with Gasteiger partial charge in [0.05, 0.1) is 24.2 Å². The molecule has 0 fully saturated rings. The van der Waals surface area contributed by atoms with Crippen molar-refractivity contribution in [1.82, 2.24) is 15.1 Å². The first-order valence-corrected chi connectivity index (χ1v) is 10.6. The Bertz CT molecular complexity index is 1220. The maximum absolute atomic E-state index is 14.4. The van der Waals surface area contributed by atoms with Crippen LogP contribution in [0.1, 0.15) is 30.4 Å². The third-order valence-corrected chi connectivity index (χ3v) is 5.10. The minimum Gasteiger partial charge on any atom is -0.467 e. The number of ether oxygens (including phenoxy) is 1. The van der Waals surface area contributed by atoms with Gasteiger partial charge in [-0.25, -0.2) is 13.5 Å². The molecular formula is C25H23F2N3O3. The van der Waals surface area contributed by atoms with Gasteiger partial charge in [0.1, 0.15) is 11.6 Å². The van der Waals surface area contributed by atoms with Crippen LogP contribution in [0.25, 0.3) is 5.69 Å². The summed E-state index contributed by atoms with van der Waals surface area (Å²) in [6.45, 7) is 2.24. The largest absolute Gasteiger partial charge is 0.467 e. The van der Waals surface area contributed by atoms with Crippen LogP contribution in [0.2, 0.25) is 0 Å². The highest BCUT2D eigenvalue weighted by atomic mass is 19.1. The van der Waals surface area contributed by atoms with Gasteiger partial charge in [0.15, 0.2) is 11.6 Å². The maximum atomic E-state index is 14.4. The number of carbonyl (C=O) groups is 1. The van der Waals surface area contributed by atoms with Crippen LogP contribution in [0.5, 0.6) is 11.6 Å². The van der Waals surface area contributed by atoms with Crippen molar-refractivity contribution in [2.24, 2.45) is 0 Å². The highest BCUT2D eigenvalue weighted by Gasteiger charge is 2.22. The van der Waals surface area contributed by atoms with E-state index in [1.165, 1.54) is 6.07 Å². The molecule has 0 aliphatic heterocycles. The van der Waals surface area contributed by atoms with Gasteiger partial charge in [0.25, 0.3) is 0 Å². The molecule has 2 heterocycles. The molecule has 4 aromatic rings. The predicted molar refractivity (Wildman–Crippen MR) is 118 cm³/mol. The van der Waals surface area contributed by atoms with Gasteiger partial charge in [0.2, 0.25) is 11.8 Å². The monoisotopic (exact) mass is 451 g/mol. The molecule has 0 atom stereocenters. The summed E-state index contributed by atoms with van der Waals surface area (Å²) in [7, 11) is 0. The molecule has 0 bridgehead atoms. The number of nitrogens with one attached hydrogen (secondary N) is 1. The molecule has 8 heteroatoms. The number of para-hydroxylation sites is 1. The highest BCUT2D eigenvalue weighted by Crippen LogP contribution is 2.33. The smallest absolute Gasteiger partial charge is 0.226 e. The van der Waals surface area contributed by atoms with Crippen molar-refractivity contribution in [3.63, 3.8) is 0 Å². The van der Waals surface area contributed by atoms with Crippen LogP contribution in [0, 0.1) is 11.6 Å². The Kier molecular flexibility index (Phi) is 6.83. The van der Waals surface area contributed by atoms with Crippen molar-refractivity contribution in [3.8, 4) is 17.3 Å². The SMILES string of the molecule is CCc1nn(-c2ccccc2)c(Oc2ccc(F)cc2F)c1CCC(=O)NCc1ccco1. The number of halogens is 2. The molecule has 0 spiro atoms. The van der Waals surface area contributed by atoms with Crippen molar-refractivity contribution in [3.05, 3.63) is 95.6 Å². The summed E-state index contributed by atoms with van der Waals surface area (Å²) in [5, 5.41) is 7.47. The normalized spacial score (nSPS) is 10.9. The zero-order valence-electron chi connectivity index (χ0n) is 18.1. The third kappa shape index (κ3) is 5.28. The molecule has 4 rings (SSSR count). The summed E-state index contributed by atoms with van der Waals surface area (Å²) in [6.07, 6.45) is 2.64. The predicted octanol–water partition coefficient (Wildman–Crippen LogP) is 5.35. The lowest BCUT2D eigenvalue weighted by Gasteiger charge is -2.12. The number of furan rings is 1. The summed E-state index contributed by atoms with van der Waals surface area (Å²) in [5.74, 6) is -0.859. The first-order chi connectivity index (χ1) is 16.0. The lowest BCUT2D eigenvalue weighted by molar-refractivity contribution is -0.121. The van der Waals surface area contributed by atoms with Crippen LogP contribution in [0.3, 0.4) is 0 Å². The topological polar surface area (TPSA) is 69.3 Å². The average Bonchev–Trinajstić information content (AvgIpc) is 3.46. The van der Waals surface area contributed by atoms with E-state index >= 15 is 0 Å². The van der Waals surface area contributed by atoms with Crippen molar-refractivity contribution in [2.45, 2.75) is 32.7 Å². The van der Waals surface area contributed by atoms with Gasteiger partial charge in [-0.3, -0.25) is 4.79 Å². The van der Waals surface area contributed by atoms with Crippen LogP contribution in [0.15, 0.2) is 71.3 Å². The lowest BCUT2D eigenvalue weighted by atomic mass is 10.1. The molecule has 1 N–H and O–H groups in total. The quantitative estimate of drug-likeness (QED) is 0.373. The molecule has 2 aromatic heterocycles. The van der Waals surface area contributed by atoms with E-state index in [1.807, 2.05) is 37.3 Å². The fraction of sp³-hybridized carbons (Fsp3) is 0.200. The second-order valence-corrected chi connectivity index (χ2v) is 7.36. The number of aryl methyl sites for hydroxylation is 1. The Morgan fingerprint density at radius 1 is 1.12 bits per heavy atom. The average molecular weight is 451 g/mol. The number of nitrogens with zero attached hydrogens (tertiary/aromatic N) is 2. The van der Waals surface area contributed by atoms with Crippen molar-refractivity contribution in [2.75, 3.05) is 0 Å². The van der Waals surface area contributed by atoms with Gasteiger partial charge in [-0.05, 0) is 49.2 Å². The molecule has 1 amide bonds. The fourth-order valence-corrected chi connectivity index (χ4v) is 3.45. The van der Waals surface area contributed by atoms with E-state index in [2.05, 4.69) is 10.4 Å². The molecule has 0 saturated heterocycles. The number of hydrogen-bond donors (Lipinski definition) is 1. The van der Waals surface area contributed by atoms with Crippen LogP contribution in [-0.4, -0.2) is 15.7 Å². The molecule has 0 saturated carbocycles.